The zero-order chi connectivity index (χ0) is 14.0. The summed E-state index contributed by atoms with van der Waals surface area (Å²) in [7, 11) is 3.62. The van der Waals surface area contributed by atoms with E-state index < -0.39 is 10.4 Å². The molecule has 0 saturated carbocycles. The topological polar surface area (TPSA) is 91.4 Å². The van der Waals surface area contributed by atoms with Crippen LogP contribution in [0.5, 0.6) is 0 Å². The number of fused-ring (bicyclic) bond motifs is 1. The third-order valence-corrected chi connectivity index (χ3v) is 3.67. The molecule has 0 aliphatic carbocycles. The van der Waals surface area contributed by atoms with Gasteiger partial charge in [0, 0.05) is 26.6 Å². The van der Waals surface area contributed by atoms with Gasteiger partial charge in [0.1, 0.15) is 5.41 Å². The predicted molar refractivity (Wildman–Crippen MR) is 69.5 cm³/mol. The lowest BCUT2D eigenvalue weighted by atomic mass is 9.74. The van der Waals surface area contributed by atoms with Gasteiger partial charge >= 0.3 is 0 Å². The normalized spacial score (nSPS) is 27.8. The van der Waals surface area contributed by atoms with Gasteiger partial charge in [-0.05, 0) is 19.9 Å². The first-order chi connectivity index (χ1) is 8.95. The molecule has 1 atom stereocenters. The Morgan fingerprint density at radius 3 is 3.00 bits per heavy atom. The van der Waals surface area contributed by atoms with Crippen molar-refractivity contribution in [3.05, 3.63) is 10.1 Å². The maximum Gasteiger partial charge on any atom is 0.255 e. The van der Waals surface area contributed by atoms with Gasteiger partial charge in [-0.15, -0.1) is 0 Å². The third-order valence-electron chi connectivity index (χ3n) is 3.67. The molecule has 8 heteroatoms. The molecular formula is C11H17N5O3. The van der Waals surface area contributed by atoms with Crippen molar-refractivity contribution in [3.8, 4) is 0 Å². The molecular weight excluding hydrogens is 250 g/mol. The molecule has 1 fully saturated rings. The minimum Gasteiger partial charge on any atom is -0.305 e. The van der Waals surface area contributed by atoms with Crippen molar-refractivity contribution < 1.29 is 9.83 Å². The number of amides is 1. The summed E-state index contributed by atoms with van der Waals surface area (Å²) in [5.41, 5.74) is 0.275. The van der Waals surface area contributed by atoms with Crippen LogP contribution >= 0.6 is 0 Å². The van der Waals surface area contributed by atoms with Crippen molar-refractivity contribution in [2.75, 3.05) is 27.2 Å². The molecule has 0 aromatic rings. The van der Waals surface area contributed by atoms with Gasteiger partial charge in [0.15, 0.2) is 5.03 Å². The highest BCUT2D eigenvalue weighted by molar-refractivity contribution is 6.13. The van der Waals surface area contributed by atoms with Crippen molar-refractivity contribution in [2.24, 2.45) is 15.6 Å². The highest BCUT2D eigenvalue weighted by Gasteiger charge is 2.51. The number of carbonyl (C=O) groups is 1. The van der Waals surface area contributed by atoms with E-state index in [1.165, 1.54) is 11.2 Å². The average Bonchev–Trinajstić information content (AvgIpc) is 2.59. The molecule has 1 unspecified atom stereocenters. The van der Waals surface area contributed by atoms with Gasteiger partial charge in [0.05, 0.1) is 17.0 Å². The Balaban J connectivity index is 2.14. The Labute approximate surface area is 110 Å². The number of piperidine rings is 1. The summed E-state index contributed by atoms with van der Waals surface area (Å²) >= 11 is 0. The van der Waals surface area contributed by atoms with Gasteiger partial charge in [-0.2, -0.15) is 5.10 Å². The highest BCUT2D eigenvalue weighted by atomic mass is 16.7. The van der Waals surface area contributed by atoms with Crippen LogP contribution < -0.4 is 0 Å². The summed E-state index contributed by atoms with van der Waals surface area (Å²) in [6.45, 7) is 1.49. The molecule has 2 rings (SSSR count). The van der Waals surface area contributed by atoms with E-state index in [-0.39, 0.29) is 5.91 Å². The zero-order valence-electron chi connectivity index (χ0n) is 11.1. The molecule has 0 N–H and O–H groups in total. The fraction of sp³-hybridized carbons (Fsp3) is 0.727. The lowest BCUT2D eigenvalue weighted by molar-refractivity contribution is -0.484. The van der Waals surface area contributed by atoms with E-state index in [4.69, 9.17) is 0 Å². The maximum atomic E-state index is 12.3. The van der Waals surface area contributed by atoms with E-state index in [1.807, 2.05) is 7.05 Å². The first-order valence-electron chi connectivity index (χ1n) is 6.17. The highest BCUT2D eigenvalue weighted by Crippen LogP contribution is 2.38. The molecule has 1 saturated heterocycles. The fourth-order valence-electron chi connectivity index (χ4n) is 2.81. The molecule has 0 bridgehead atoms. The van der Waals surface area contributed by atoms with Gasteiger partial charge in [0.25, 0.3) is 5.91 Å². The Morgan fingerprint density at radius 2 is 2.32 bits per heavy atom. The lowest BCUT2D eigenvalue weighted by Crippen LogP contribution is -2.51. The number of nitrogens with zero attached hydrogens (tertiary/aromatic N) is 5. The van der Waals surface area contributed by atoms with Crippen LogP contribution in [0, 0.1) is 15.5 Å². The van der Waals surface area contributed by atoms with Gasteiger partial charge in [-0.25, -0.2) is 15.1 Å². The number of rotatable bonds is 4. The van der Waals surface area contributed by atoms with Gasteiger partial charge < -0.3 is 4.90 Å². The van der Waals surface area contributed by atoms with E-state index in [0.717, 1.165) is 18.7 Å². The number of likely N-dealkylation sites (tertiary alicyclic amines) is 1. The molecule has 2 aliphatic heterocycles. The molecule has 104 valence electrons. The van der Waals surface area contributed by atoms with E-state index in [2.05, 4.69) is 15.1 Å². The number of nitro groups is 1. The smallest absolute Gasteiger partial charge is 0.255 e. The van der Waals surface area contributed by atoms with Crippen LogP contribution in [0.3, 0.4) is 0 Å². The Kier molecular flexibility index (Phi) is 3.61. The van der Waals surface area contributed by atoms with Gasteiger partial charge in [-0.3, -0.25) is 4.79 Å². The molecule has 0 spiro atoms. The Hall–Kier alpha value is -1.83. The van der Waals surface area contributed by atoms with Crippen LogP contribution in [0.2, 0.25) is 0 Å². The summed E-state index contributed by atoms with van der Waals surface area (Å²) in [5.74, 6) is -0.0245. The van der Waals surface area contributed by atoms with E-state index in [0.29, 0.717) is 19.4 Å². The third kappa shape index (κ3) is 2.48. The molecule has 0 aromatic heterocycles. The van der Waals surface area contributed by atoms with Gasteiger partial charge in [-0.1, -0.05) is 0 Å². The monoisotopic (exact) mass is 267 g/mol. The first-order valence-corrected chi connectivity index (χ1v) is 6.17. The zero-order valence-corrected chi connectivity index (χ0v) is 11.1. The van der Waals surface area contributed by atoms with Crippen LogP contribution in [0.15, 0.2) is 10.2 Å². The molecule has 0 aromatic carbocycles. The molecule has 19 heavy (non-hydrogen) atoms. The summed E-state index contributed by atoms with van der Waals surface area (Å²) in [4.78, 5) is 24.6. The first kappa shape index (κ1) is 13.6. The van der Waals surface area contributed by atoms with E-state index in [1.54, 1.807) is 7.05 Å². The van der Waals surface area contributed by atoms with Crippen molar-refractivity contribution in [1.29, 1.82) is 0 Å². The Bertz CT molecular complexity index is 461. The summed E-state index contributed by atoms with van der Waals surface area (Å²) in [6, 6.07) is 0. The maximum absolute atomic E-state index is 12.3. The second-order valence-electron chi connectivity index (χ2n) is 5.02. The number of hydrogen-bond acceptors (Lipinski definition) is 5. The predicted octanol–water partition coefficient (Wildman–Crippen LogP) is 0.179. The second kappa shape index (κ2) is 5.04. The minimum absolute atomic E-state index is 0.0245. The van der Waals surface area contributed by atoms with E-state index in [9.17, 15) is 14.9 Å². The molecule has 0 radical (unpaired) electrons. The number of carbonyl (C=O) groups excluding carboxylic acids is 1. The van der Waals surface area contributed by atoms with Crippen molar-refractivity contribution >= 4 is 17.8 Å². The second-order valence-corrected chi connectivity index (χ2v) is 5.02. The van der Waals surface area contributed by atoms with Crippen LogP contribution in [0.4, 0.5) is 0 Å². The SMILES string of the molecule is CN1CCC2=NN(C)C(=O)C2(CC/C=N\[N+](=O)[O-])C1. The van der Waals surface area contributed by atoms with E-state index >= 15 is 0 Å². The fourth-order valence-corrected chi connectivity index (χ4v) is 2.81. The molecule has 2 aliphatic rings. The summed E-state index contributed by atoms with van der Waals surface area (Å²) < 4.78 is 0. The summed E-state index contributed by atoms with van der Waals surface area (Å²) in [5, 5.41) is 18.2. The van der Waals surface area contributed by atoms with Crippen molar-refractivity contribution in [1.82, 2.24) is 9.91 Å². The largest absolute Gasteiger partial charge is 0.305 e. The lowest BCUT2D eigenvalue weighted by Gasteiger charge is -2.37. The van der Waals surface area contributed by atoms with Crippen LogP contribution in [-0.4, -0.2) is 60.0 Å². The summed E-state index contributed by atoms with van der Waals surface area (Å²) in [6.07, 6.45) is 2.93. The Morgan fingerprint density at radius 1 is 1.58 bits per heavy atom. The van der Waals surface area contributed by atoms with Crippen LogP contribution in [0.1, 0.15) is 19.3 Å². The quantitative estimate of drug-likeness (QED) is 0.412. The molecule has 2 heterocycles. The average molecular weight is 267 g/mol. The number of hydrogen-bond donors (Lipinski definition) is 0. The van der Waals surface area contributed by atoms with Crippen molar-refractivity contribution in [2.45, 2.75) is 19.3 Å². The minimum atomic E-state index is -0.734. The van der Waals surface area contributed by atoms with Crippen molar-refractivity contribution in [3.63, 3.8) is 0 Å². The van der Waals surface area contributed by atoms with Crippen LogP contribution in [-0.2, 0) is 4.79 Å². The molecule has 1 amide bonds. The van der Waals surface area contributed by atoms with Gasteiger partial charge in [0.2, 0.25) is 0 Å². The standard InChI is InChI=1S/C11H17N5O3/c1-14-7-4-9-11(8-14,10(17)15(2)13-9)5-3-6-12-16(18)19/h6H,3-5,7-8H2,1-2H3/b12-6-. The number of hydrazone groups is 2. The van der Waals surface area contributed by atoms with Crippen LogP contribution in [0.25, 0.3) is 0 Å². The molecule has 8 nitrogen and oxygen atoms in total.